The van der Waals surface area contributed by atoms with Crippen LogP contribution < -0.4 is 9.47 Å². The number of halogens is 1. The molecule has 0 aliphatic carbocycles. The van der Waals surface area contributed by atoms with Gasteiger partial charge in [0.15, 0.2) is 11.5 Å². The van der Waals surface area contributed by atoms with Crippen LogP contribution in [-0.4, -0.2) is 32.5 Å². The lowest BCUT2D eigenvalue weighted by atomic mass is 9.84. The molecule has 4 nitrogen and oxygen atoms in total. The molecule has 1 fully saturated rings. The minimum Gasteiger partial charge on any atom is -0.493 e. The van der Waals surface area contributed by atoms with E-state index in [0.29, 0.717) is 18.1 Å². The molecule has 1 N–H and O–H groups in total. The maximum atomic E-state index is 13.1. The quantitative estimate of drug-likeness (QED) is 0.871. The van der Waals surface area contributed by atoms with Crippen molar-refractivity contribution < 1.29 is 23.7 Å². The van der Waals surface area contributed by atoms with E-state index in [1.165, 1.54) is 12.1 Å². The summed E-state index contributed by atoms with van der Waals surface area (Å²) in [7, 11) is 3.22. The lowest BCUT2D eigenvalue weighted by Crippen LogP contribution is -2.21. The van der Waals surface area contributed by atoms with Gasteiger partial charge in [-0.25, -0.2) is 4.39 Å². The second-order valence-corrected chi connectivity index (χ2v) is 6.31. The Labute approximate surface area is 147 Å². The Kier molecular flexibility index (Phi) is 5.56. The third-order valence-electron chi connectivity index (χ3n) is 4.84. The van der Waals surface area contributed by atoms with Gasteiger partial charge in [0.05, 0.1) is 26.9 Å². The lowest BCUT2D eigenvalue weighted by Gasteiger charge is -2.21. The van der Waals surface area contributed by atoms with E-state index in [1.807, 2.05) is 18.2 Å². The molecular formula is C20H23FO4. The summed E-state index contributed by atoms with van der Waals surface area (Å²) in [5.41, 5.74) is 2.00. The zero-order chi connectivity index (χ0) is 17.8. The number of aliphatic hydroxyl groups is 1. The van der Waals surface area contributed by atoms with Crippen LogP contribution in [0.2, 0.25) is 0 Å². The molecule has 1 aliphatic rings. The molecule has 5 heteroatoms. The molecule has 2 aromatic carbocycles. The molecule has 1 aliphatic heterocycles. The van der Waals surface area contributed by atoms with E-state index >= 15 is 0 Å². The van der Waals surface area contributed by atoms with Crippen LogP contribution in [0.25, 0.3) is 0 Å². The van der Waals surface area contributed by atoms with Crippen molar-refractivity contribution in [3.05, 3.63) is 59.4 Å². The second kappa shape index (κ2) is 7.85. The third kappa shape index (κ3) is 3.78. The smallest absolute Gasteiger partial charge is 0.160 e. The summed E-state index contributed by atoms with van der Waals surface area (Å²) in [4.78, 5) is 0. The monoisotopic (exact) mass is 346 g/mol. The van der Waals surface area contributed by atoms with Crippen molar-refractivity contribution in [2.75, 3.05) is 27.4 Å². The van der Waals surface area contributed by atoms with Crippen LogP contribution >= 0.6 is 0 Å². The van der Waals surface area contributed by atoms with E-state index in [-0.39, 0.29) is 30.4 Å². The van der Waals surface area contributed by atoms with Gasteiger partial charge in [0.1, 0.15) is 5.82 Å². The van der Waals surface area contributed by atoms with E-state index in [4.69, 9.17) is 14.2 Å². The Morgan fingerprint density at radius 1 is 1.08 bits per heavy atom. The minimum absolute atomic E-state index is 0.0278. The van der Waals surface area contributed by atoms with E-state index in [9.17, 15) is 9.50 Å². The highest BCUT2D eigenvalue weighted by atomic mass is 19.1. The topological polar surface area (TPSA) is 47.9 Å². The van der Waals surface area contributed by atoms with Crippen LogP contribution in [-0.2, 0) is 11.2 Å². The summed E-state index contributed by atoms with van der Waals surface area (Å²) in [6.45, 7) is 0.585. The average Bonchev–Trinajstić information content (AvgIpc) is 3.04. The molecule has 0 spiro atoms. The molecule has 25 heavy (non-hydrogen) atoms. The number of ether oxygens (including phenoxy) is 3. The van der Waals surface area contributed by atoms with Gasteiger partial charge in [-0.1, -0.05) is 18.2 Å². The predicted octanol–water partition coefficient (Wildman–Crippen LogP) is 3.38. The highest BCUT2D eigenvalue weighted by molar-refractivity contribution is 5.43. The Bertz CT molecular complexity index is 701. The first kappa shape index (κ1) is 17.7. The fourth-order valence-electron chi connectivity index (χ4n) is 3.48. The average molecular weight is 346 g/mol. The van der Waals surface area contributed by atoms with Crippen LogP contribution in [0.5, 0.6) is 11.5 Å². The standard InChI is InChI=1S/C20H23FO4/c1-23-18-8-3-13(10-19(18)24-2)9-15-12-25-20(17(15)11-22)14-4-6-16(21)7-5-14/h3-8,10,15,17,20,22H,9,11-12H2,1-2H3/t15-,17-,20+/m0/s1. The van der Waals surface area contributed by atoms with Gasteiger partial charge in [0.25, 0.3) is 0 Å². The first-order valence-corrected chi connectivity index (χ1v) is 8.35. The molecule has 2 aromatic rings. The van der Waals surface area contributed by atoms with Gasteiger partial charge < -0.3 is 19.3 Å². The maximum absolute atomic E-state index is 13.1. The maximum Gasteiger partial charge on any atom is 0.160 e. The van der Waals surface area contributed by atoms with Gasteiger partial charge in [0, 0.05) is 12.5 Å². The fraction of sp³-hybridized carbons (Fsp3) is 0.400. The first-order chi connectivity index (χ1) is 12.2. The third-order valence-corrected chi connectivity index (χ3v) is 4.84. The van der Waals surface area contributed by atoms with Crippen LogP contribution in [0.15, 0.2) is 42.5 Å². The molecule has 3 atom stereocenters. The highest BCUT2D eigenvalue weighted by Crippen LogP contribution is 2.40. The molecule has 0 amide bonds. The molecule has 0 unspecified atom stereocenters. The van der Waals surface area contributed by atoms with Gasteiger partial charge in [-0.2, -0.15) is 0 Å². The van der Waals surface area contributed by atoms with Crippen molar-refractivity contribution in [2.45, 2.75) is 12.5 Å². The number of rotatable bonds is 6. The molecule has 1 saturated heterocycles. The van der Waals surface area contributed by atoms with E-state index in [2.05, 4.69) is 0 Å². The largest absolute Gasteiger partial charge is 0.493 e. The zero-order valence-corrected chi connectivity index (χ0v) is 14.4. The Morgan fingerprint density at radius 3 is 2.44 bits per heavy atom. The van der Waals surface area contributed by atoms with Crippen molar-refractivity contribution in [1.29, 1.82) is 0 Å². The number of aliphatic hydroxyl groups excluding tert-OH is 1. The molecule has 0 saturated carbocycles. The molecule has 0 aromatic heterocycles. The number of hydrogen-bond donors (Lipinski definition) is 1. The predicted molar refractivity (Wildman–Crippen MR) is 92.4 cm³/mol. The van der Waals surface area contributed by atoms with Gasteiger partial charge in [-0.15, -0.1) is 0 Å². The van der Waals surface area contributed by atoms with E-state index in [0.717, 1.165) is 17.5 Å². The van der Waals surface area contributed by atoms with E-state index < -0.39 is 0 Å². The van der Waals surface area contributed by atoms with E-state index in [1.54, 1.807) is 26.4 Å². The molecule has 3 rings (SSSR count). The second-order valence-electron chi connectivity index (χ2n) is 6.31. The summed E-state index contributed by atoms with van der Waals surface area (Å²) in [5, 5.41) is 9.88. The van der Waals surface area contributed by atoms with Gasteiger partial charge >= 0.3 is 0 Å². The van der Waals surface area contributed by atoms with Crippen LogP contribution in [0, 0.1) is 17.7 Å². The summed E-state index contributed by atoms with van der Waals surface area (Å²) in [6.07, 6.45) is 0.555. The minimum atomic E-state index is -0.274. The summed E-state index contributed by atoms with van der Waals surface area (Å²) >= 11 is 0. The molecule has 0 radical (unpaired) electrons. The molecule has 0 bridgehead atoms. The van der Waals surface area contributed by atoms with Crippen molar-refractivity contribution in [1.82, 2.24) is 0 Å². The number of hydrogen-bond acceptors (Lipinski definition) is 4. The van der Waals surface area contributed by atoms with Crippen molar-refractivity contribution in [3.8, 4) is 11.5 Å². The number of methoxy groups -OCH3 is 2. The normalized spacial score (nSPS) is 22.8. The van der Waals surface area contributed by atoms with Crippen molar-refractivity contribution >= 4 is 0 Å². The van der Waals surface area contributed by atoms with Gasteiger partial charge in [-0.05, 0) is 47.7 Å². The zero-order valence-electron chi connectivity index (χ0n) is 14.4. The molecule has 134 valence electrons. The van der Waals surface area contributed by atoms with Gasteiger partial charge in [-0.3, -0.25) is 0 Å². The highest BCUT2D eigenvalue weighted by Gasteiger charge is 2.37. The SMILES string of the molecule is COc1ccc(C[C@H]2CO[C@H](c3ccc(F)cc3)[C@H]2CO)cc1OC. The molecule has 1 heterocycles. The van der Waals surface area contributed by atoms with Crippen molar-refractivity contribution in [2.24, 2.45) is 11.8 Å². The van der Waals surface area contributed by atoms with Crippen LogP contribution in [0.1, 0.15) is 17.2 Å². The summed E-state index contributed by atoms with van der Waals surface area (Å²) in [5.74, 6) is 1.26. The van der Waals surface area contributed by atoms with Crippen LogP contribution in [0.4, 0.5) is 4.39 Å². The lowest BCUT2D eigenvalue weighted by molar-refractivity contribution is 0.0718. The van der Waals surface area contributed by atoms with Crippen LogP contribution in [0.3, 0.4) is 0 Å². The Hall–Kier alpha value is -2.11. The fourth-order valence-corrected chi connectivity index (χ4v) is 3.48. The van der Waals surface area contributed by atoms with Crippen molar-refractivity contribution in [3.63, 3.8) is 0 Å². The summed E-state index contributed by atoms with van der Waals surface area (Å²) in [6, 6.07) is 12.1. The Balaban J connectivity index is 1.76. The molecular weight excluding hydrogens is 323 g/mol. The van der Waals surface area contributed by atoms with Gasteiger partial charge in [0.2, 0.25) is 0 Å². The number of benzene rings is 2. The summed E-state index contributed by atoms with van der Waals surface area (Å²) < 4.78 is 29.7. The first-order valence-electron chi connectivity index (χ1n) is 8.35. The Morgan fingerprint density at radius 2 is 1.80 bits per heavy atom.